The molecule has 2 aromatic carbocycles. The Morgan fingerprint density at radius 2 is 1.90 bits per heavy atom. The number of ether oxygens (including phenoxy) is 1. The van der Waals surface area contributed by atoms with E-state index in [1.165, 1.54) is 21.3 Å². The van der Waals surface area contributed by atoms with Gasteiger partial charge in [-0.25, -0.2) is 0 Å². The van der Waals surface area contributed by atoms with Crippen molar-refractivity contribution in [2.45, 2.75) is 25.7 Å². The number of hydrogen-bond acceptors (Lipinski definition) is 5. The molecule has 0 radical (unpaired) electrons. The molecule has 0 atom stereocenters. The molecule has 3 heterocycles. The van der Waals surface area contributed by atoms with E-state index < -0.39 is 0 Å². The molecule has 0 saturated carbocycles. The van der Waals surface area contributed by atoms with Gasteiger partial charge in [0, 0.05) is 54.1 Å². The van der Waals surface area contributed by atoms with Crippen molar-refractivity contribution in [3.63, 3.8) is 0 Å². The molecule has 2 aliphatic rings. The third kappa shape index (κ3) is 4.70. The molecule has 2 aliphatic heterocycles. The van der Waals surface area contributed by atoms with Gasteiger partial charge in [0.2, 0.25) is 5.91 Å². The van der Waals surface area contributed by atoms with Crippen molar-refractivity contribution in [2.75, 3.05) is 49.5 Å². The Hall–Kier alpha value is -2.57. The predicted octanol–water partition coefficient (Wildman–Crippen LogP) is 4.77. The first-order chi connectivity index (χ1) is 15.3. The summed E-state index contributed by atoms with van der Waals surface area (Å²) < 4.78 is 7.34. The minimum absolute atomic E-state index is 0.102. The third-order valence-corrected chi connectivity index (χ3v) is 7.18. The standard InChI is InChI=1S/C25H29N3O2S/c29-25-9-6-19-18-20(7-8-22(19)26-25)30-16-2-1-11-27-12-14-28(15-13-27)23-4-3-5-24-21(23)10-17-31-24/h3-5,7-8,10,17-18H,1-2,6,9,11-16H2,(H,26,29). The smallest absolute Gasteiger partial charge is 0.224 e. The van der Waals surface area contributed by atoms with Gasteiger partial charge in [0.25, 0.3) is 0 Å². The Labute approximate surface area is 187 Å². The normalized spacial score (nSPS) is 16.9. The van der Waals surface area contributed by atoms with Crippen LogP contribution in [-0.2, 0) is 11.2 Å². The van der Waals surface area contributed by atoms with Gasteiger partial charge in [0.05, 0.1) is 6.61 Å². The number of nitrogens with one attached hydrogen (secondary N) is 1. The second-order valence-electron chi connectivity index (χ2n) is 8.36. The lowest BCUT2D eigenvalue weighted by molar-refractivity contribution is -0.116. The molecule has 1 aromatic heterocycles. The summed E-state index contributed by atoms with van der Waals surface area (Å²) in [6, 6.07) is 14.9. The van der Waals surface area contributed by atoms with Crippen LogP contribution in [-0.4, -0.2) is 50.1 Å². The average molecular weight is 436 g/mol. The molecule has 5 rings (SSSR count). The SMILES string of the molecule is O=C1CCc2cc(OCCCCN3CCN(c4cccc5sccc45)CC3)ccc2N1. The minimum atomic E-state index is 0.102. The van der Waals surface area contributed by atoms with Crippen molar-refractivity contribution in [3.05, 3.63) is 53.4 Å². The maximum Gasteiger partial charge on any atom is 0.224 e. The van der Waals surface area contributed by atoms with Gasteiger partial charge in [0.15, 0.2) is 0 Å². The highest BCUT2D eigenvalue weighted by Crippen LogP contribution is 2.31. The van der Waals surface area contributed by atoms with Crippen molar-refractivity contribution in [3.8, 4) is 5.75 Å². The average Bonchev–Trinajstić information content (AvgIpc) is 3.28. The summed E-state index contributed by atoms with van der Waals surface area (Å²) in [7, 11) is 0. The van der Waals surface area contributed by atoms with Gasteiger partial charge in [-0.2, -0.15) is 0 Å². The van der Waals surface area contributed by atoms with Crippen molar-refractivity contribution >= 4 is 38.7 Å². The van der Waals surface area contributed by atoms with E-state index in [1.54, 1.807) is 0 Å². The largest absolute Gasteiger partial charge is 0.494 e. The molecule has 0 bridgehead atoms. The number of carbonyl (C=O) groups is 1. The Morgan fingerprint density at radius 1 is 1.00 bits per heavy atom. The van der Waals surface area contributed by atoms with Crippen molar-refractivity contribution in [1.29, 1.82) is 0 Å². The summed E-state index contributed by atoms with van der Waals surface area (Å²) in [6.45, 7) is 6.31. The summed E-state index contributed by atoms with van der Waals surface area (Å²) in [5.74, 6) is 1.01. The molecule has 1 saturated heterocycles. The number of unbranched alkanes of at least 4 members (excludes halogenated alkanes) is 1. The van der Waals surface area contributed by atoms with Gasteiger partial charge in [0.1, 0.15) is 5.75 Å². The molecule has 0 aliphatic carbocycles. The van der Waals surface area contributed by atoms with Gasteiger partial charge >= 0.3 is 0 Å². The summed E-state index contributed by atoms with van der Waals surface area (Å²) in [5.41, 5.74) is 3.49. The van der Waals surface area contributed by atoms with Gasteiger partial charge < -0.3 is 15.0 Å². The first-order valence-corrected chi connectivity index (χ1v) is 12.1. The highest BCUT2D eigenvalue weighted by Gasteiger charge is 2.19. The first kappa shape index (κ1) is 20.3. The molecular formula is C25H29N3O2S. The number of nitrogens with zero attached hydrogens (tertiary/aromatic N) is 2. The van der Waals surface area contributed by atoms with E-state index in [0.29, 0.717) is 6.42 Å². The van der Waals surface area contributed by atoms with Crippen LogP contribution < -0.4 is 15.0 Å². The fourth-order valence-corrected chi connectivity index (χ4v) is 5.35. The van der Waals surface area contributed by atoms with Crippen LogP contribution >= 0.6 is 11.3 Å². The number of amides is 1. The zero-order chi connectivity index (χ0) is 21.0. The van der Waals surface area contributed by atoms with Crippen LogP contribution in [0.1, 0.15) is 24.8 Å². The predicted molar refractivity (Wildman–Crippen MR) is 129 cm³/mol. The molecule has 1 fully saturated rings. The van der Waals surface area contributed by atoms with Crippen molar-refractivity contribution in [2.24, 2.45) is 0 Å². The van der Waals surface area contributed by atoms with Crippen molar-refractivity contribution in [1.82, 2.24) is 4.90 Å². The van der Waals surface area contributed by atoms with E-state index in [9.17, 15) is 4.79 Å². The minimum Gasteiger partial charge on any atom is -0.494 e. The van der Waals surface area contributed by atoms with Gasteiger partial charge in [-0.1, -0.05) is 6.07 Å². The van der Waals surface area contributed by atoms with Gasteiger partial charge in [-0.05, 0) is 73.1 Å². The van der Waals surface area contributed by atoms with E-state index in [-0.39, 0.29) is 5.91 Å². The number of aryl methyl sites for hydroxylation is 1. The van der Waals surface area contributed by atoms with E-state index in [2.05, 4.69) is 50.8 Å². The van der Waals surface area contributed by atoms with Crippen LogP contribution in [0.2, 0.25) is 0 Å². The number of hydrogen-bond donors (Lipinski definition) is 1. The maximum atomic E-state index is 11.5. The topological polar surface area (TPSA) is 44.8 Å². The number of benzene rings is 2. The van der Waals surface area contributed by atoms with E-state index in [0.717, 1.165) is 70.0 Å². The number of carbonyl (C=O) groups excluding carboxylic acids is 1. The van der Waals surface area contributed by atoms with Crippen LogP contribution in [0.3, 0.4) is 0 Å². The fourth-order valence-electron chi connectivity index (χ4n) is 4.54. The lowest BCUT2D eigenvalue weighted by Gasteiger charge is -2.36. The van der Waals surface area contributed by atoms with E-state index >= 15 is 0 Å². The Kier molecular flexibility index (Phi) is 6.09. The molecule has 5 nitrogen and oxygen atoms in total. The summed E-state index contributed by atoms with van der Waals surface area (Å²) in [6.07, 6.45) is 3.57. The molecular weight excluding hydrogens is 406 g/mol. The molecule has 162 valence electrons. The molecule has 31 heavy (non-hydrogen) atoms. The molecule has 6 heteroatoms. The first-order valence-electron chi connectivity index (χ1n) is 11.3. The highest BCUT2D eigenvalue weighted by atomic mass is 32.1. The third-order valence-electron chi connectivity index (χ3n) is 6.30. The van der Waals surface area contributed by atoms with E-state index in [4.69, 9.17) is 4.74 Å². The second-order valence-corrected chi connectivity index (χ2v) is 9.31. The number of fused-ring (bicyclic) bond motifs is 2. The quantitative estimate of drug-likeness (QED) is 0.543. The Bertz CT molecular complexity index is 1060. The zero-order valence-corrected chi connectivity index (χ0v) is 18.6. The number of thiophene rings is 1. The summed E-state index contributed by atoms with van der Waals surface area (Å²) in [4.78, 5) is 16.6. The van der Waals surface area contributed by atoms with Gasteiger partial charge in [-0.15, -0.1) is 11.3 Å². The monoisotopic (exact) mass is 435 g/mol. The highest BCUT2D eigenvalue weighted by molar-refractivity contribution is 7.17. The lowest BCUT2D eigenvalue weighted by Crippen LogP contribution is -2.46. The zero-order valence-electron chi connectivity index (χ0n) is 17.8. The summed E-state index contributed by atoms with van der Waals surface area (Å²) >= 11 is 1.82. The van der Waals surface area contributed by atoms with Crippen LogP contribution in [0.5, 0.6) is 5.75 Å². The second kappa shape index (κ2) is 9.28. The van der Waals surface area contributed by atoms with Crippen LogP contribution in [0.15, 0.2) is 47.8 Å². The molecule has 0 unspecified atom stereocenters. The van der Waals surface area contributed by atoms with Gasteiger partial charge in [-0.3, -0.25) is 9.69 Å². The van der Waals surface area contributed by atoms with Crippen LogP contribution in [0, 0.1) is 0 Å². The molecule has 1 amide bonds. The maximum absolute atomic E-state index is 11.5. The molecule has 3 aromatic rings. The Morgan fingerprint density at radius 3 is 2.81 bits per heavy atom. The summed E-state index contributed by atoms with van der Waals surface area (Å²) in [5, 5.41) is 6.50. The lowest BCUT2D eigenvalue weighted by atomic mass is 10.0. The number of anilines is 2. The number of piperazine rings is 1. The number of rotatable bonds is 7. The van der Waals surface area contributed by atoms with E-state index in [1.807, 2.05) is 23.5 Å². The van der Waals surface area contributed by atoms with Crippen molar-refractivity contribution < 1.29 is 9.53 Å². The Balaban J connectivity index is 1.03. The fraction of sp³-hybridized carbons (Fsp3) is 0.400. The molecule has 0 spiro atoms. The molecule has 1 N–H and O–H groups in total. The van der Waals surface area contributed by atoms with Crippen LogP contribution in [0.25, 0.3) is 10.1 Å². The van der Waals surface area contributed by atoms with Crippen LogP contribution in [0.4, 0.5) is 11.4 Å².